The molecule has 4 rings (SSSR count). The fraction of sp³-hybridized carbons (Fsp3) is 0.550. The van der Waals surface area contributed by atoms with Gasteiger partial charge in [0.05, 0.1) is 25.6 Å². The van der Waals surface area contributed by atoms with Crippen LogP contribution in [-0.2, 0) is 0 Å². The van der Waals surface area contributed by atoms with Gasteiger partial charge in [-0.05, 0) is 31.6 Å². The molecule has 0 bridgehead atoms. The monoisotopic (exact) mass is 402 g/mol. The van der Waals surface area contributed by atoms with Crippen molar-refractivity contribution < 1.29 is 13.9 Å². The van der Waals surface area contributed by atoms with E-state index in [-0.39, 0.29) is 17.5 Å². The number of anilines is 3. The fourth-order valence-electron chi connectivity index (χ4n) is 3.80. The molecule has 3 heterocycles. The van der Waals surface area contributed by atoms with E-state index in [0.717, 1.165) is 24.8 Å². The van der Waals surface area contributed by atoms with Crippen LogP contribution >= 0.6 is 0 Å². The lowest BCUT2D eigenvalue weighted by molar-refractivity contribution is 0.243. The van der Waals surface area contributed by atoms with E-state index in [4.69, 9.17) is 9.47 Å². The first kappa shape index (κ1) is 19.6. The lowest BCUT2D eigenvalue weighted by Gasteiger charge is -2.17. The van der Waals surface area contributed by atoms with E-state index in [2.05, 4.69) is 30.5 Å². The van der Waals surface area contributed by atoms with Crippen LogP contribution < -0.4 is 20.1 Å². The fourth-order valence-corrected chi connectivity index (χ4v) is 3.80. The molecule has 1 aliphatic carbocycles. The molecule has 2 aromatic rings. The van der Waals surface area contributed by atoms with Crippen molar-refractivity contribution in [1.82, 2.24) is 19.9 Å². The molecule has 156 valence electrons. The summed E-state index contributed by atoms with van der Waals surface area (Å²) in [5, 5.41) is 5.72. The van der Waals surface area contributed by atoms with E-state index in [1.807, 2.05) is 0 Å². The molecule has 0 spiro atoms. The van der Waals surface area contributed by atoms with Crippen molar-refractivity contribution in [3.63, 3.8) is 0 Å². The van der Waals surface area contributed by atoms with Crippen LogP contribution in [0.4, 0.5) is 22.0 Å². The molecule has 1 saturated heterocycles. The molecular weight excluding hydrogens is 375 g/mol. The Morgan fingerprint density at radius 3 is 2.76 bits per heavy atom. The van der Waals surface area contributed by atoms with E-state index >= 15 is 0 Å². The topological polar surface area (TPSA) is 84.4 Å². The number of pyridine rings is 1. The summed E-state index contributed by atoms with van der Waals surface area (Å²) in [6.07, 6.45) is 3.96. The van der Waals surface area contributed by atoms with Gasteiger partial charge in [-0.25, -0.2) is 14.4 Å². The summed E-state index contributed by atoms with van der Waals surface area (Å²) in [7, 11) is 3.19. The van der Waals surface area contributed by atoms with Gasteiger partial charge in [-0.3, -0.25) is 0 Å². The SMILES string of the molecule is CNc1nc(Nc2cc(OCCCN3CC4CC4C3)c(OC)cn2)nc(C)c1F. The van der Waals surface area contributed by atoms with E-state index < -0.39 is 5.82 Å². The van der Waals surface area contributed by atoms with Crippen molar-refractivity contribution in [3.8, 4) is 11.5 Å². The number of aromatic nitrogens is 3. The number of fused-ring (bicyclic) bond motifs is 1. The zero-order chi connectivity index (χ0) is 20.4. The number of piperidine rings is 1. The highest BCUT2D eigenvalue weighted by atomic mass is 19.1. The number of aryl methyl sites for hydroxylation is 1. The lowest BCUT2D eigenvalue weighted by atomic mass is 10.3. The van der Waals surface area contributed by atoms with Crippen molar-refractivity contribution in [2.45, 2.75) is 19.8 Å². The second-order valence-corrected chi connectivity index (χ2v) is 7.61. The van der Waals surface area contributed by atoms with Gasteiger partial charge in [0.2, 0.25) is 5.95 Å². The summed E-state index contributed by atoms with van der Waals surface area (Å²) in [6.45, 7) is 5.72. The zero-order valence-electron chi connectivity index (χ0n) is 17.0. The van der Waals surface area contributed by atoms with Gasteiger partial charge in [-0.15, -0.1) is 0 Å². The molecule has 2 atom stereocenters. The van der Waals surface area contributed by atoms with Crippen molar-refractivity contribution in [2.24, 2.45) is 11.8 Å². The second kappa shape index (κ2) is 8.36. The first-order valence-corrected chi connectivity index (χ1v) is 9.95. The Morgan fingerprint density at radius 1 is 1.24 bits per heavy atom. The zero-order valence-corrected chi connectivity index (χ0v) is 17.0. The number of halogens is 1. The van der Waals surface area contributed by atoms with Crippen molar-refractivity contribution >= 4 is 17.6 Å². The van der Waals surface area contributed by atoms with Gasteiger partial charge in [-0.1, -0.05) is 0 Å². The maximum Gasteiger partial charge on any atom is 0.230 e. The summed E-state index contributed by atoms with van der Waals surface area (Å²) < 4.78 is 25.2. The minimum Gasteiger partial charge on any atom is -0.491 e. The Morgan fingerprint density at radius 2 is 2.03 bits per heavy atom. The first-order valence-electron chi connectivity index (χ1n) is 9.95. The number of methoxy groups -OCH3 is 1. The van der Waals surface area contributed by atoms with Gasteiger partial charge in [0.1, 0.15) is 5.82 Å². The van der Waals surface area contributed by atoms with E-state index in [9.17, 15) is 4.39 Å². The van der Waals surface area contributed by atoms with Crippen LogP contribution in [-0.4, -0.2) is 60.3 Å². The number of nitrogens with zero attached hydrogens (tertiary/aromatic N) is 4. The number of hydrogen-bond acceptors (Lipinski definition) is 8. The van der Waals surface area contributed by atoms with Gasteiger partial charge in [0.25, 0.3) is 0 Å². The van der Waals surface area contributed by atoms with Crippen LogP contribution in [0.2, 0.25) is 0 Å². The molecule has 2 aliphatic rings. The average molecular weight is 402 g/mol. The Balaban J connectivity index is 1.37. The number of rotatable bonds is 9. The molecule has 29 heavy (non-hydrogen) atoms. The van der Waals surface area contributed by atoms with Crippen LogP contribution in [0.5, 0.6) is 11.5 Å². The average Bonchev–Trinajstić information content (AvgIpc) is 3.33. The largest absolute Gasteiger partial charge is 0.491 e. The molecule has 0 amide bonds. The van der Waals surface area contributed by atoms with E-state index in [1.165, 1.54) is 19.5 Å². The minimum atomic E-state index is -0.472. The predicted molar refractivity (Wildman–Crippen MR) is 108 cm³/mol. The molecular formula is C20H27FN6O2. The van der Waals surface area contributed by atoms with Gasteiger partial charge < -0.3 is 25.0 Å². The summed E-state index contributed by atoms with van der Waals surface area (Å²) in [6, 6.07) is 1.74. The van der Waals surface area contributed by atoms with Gasteiger partial charge in [-0.2, -0.15) is 4.98 Å². The lowest BCUT2D eigenvalue weighted by Crippen LogP contribution is -2.25. The number of hydrogen-bond donors (Lipinski definition) is 2. The van der Waals surface area contributed by atoms with Crippen LogP contribution in [0.1, 0.15) is 18.5 Å². The summed E-state index contributed by atoms with van der Waals surface area (Å²) in [5.41, 5.74) is 0.247. The highest BCUT2D eigenvalue weighted by Crippen LogP contribution is 2.44. The molecule has 2 fully saturated rings. The summed E-state index contributed by atoms with van der Waals surface area (Å²) in [4.78, 5) is 15.1. The van der Waals surface area contributed by atoms with E-state index in [0.29, 0.717) is 23.9 Å². The smallest absolute Gasteiger partial charge is 0.230 e. The molecule has 0 aromatic carbocycles. The van der Waals surface area contributed by atoms with Crippen molar-refractivity contribution in [2.75, 3.05) is 51.0 Å². The first-order chi connectivity index (χ1) is 14.1. The molecule has 8 nitrogen and oxygen atoms in total. The van der Waals surface area contributed by atoms with Crippen molar-refractivity contribution in [1.29, 1.82) is 0 Å². The Hall–Kier alpha value is -2.68. The predicted octanol–water partition coefficient (Wildman–Crippen LogP) is 2.83. The third kappa shape index (κ3) is 4.50. The normalized spacial score (nSPS) is 20.3. The Bertz CT molecular complexity index is 870. The number of likely N-dealkylation sites (tertiary alicyclic amines) is 1. The second-order valence-electron chi connectivity index (χ2n) is 7.61. The van der Waals surface area contributed by atoms with E-state index in [1.54, 1.807) is 33.3 Å². The molecule has 0 radical (unpaired) electrons. The number of nitrogens with one attached hydrogen (secondary N) is 2. The Kier molecular flexibility index (Phi) is 5.66. The van der Waals surface area contributed by atoms with Crippen LogP contribution in [0.15, 0.2) is 12.3 Å². The quantitative estimate of drug-likeness (QED) is 0.620. The Labute approximate surface area is 169 Å². The molecule has 1 aliphatic heterocycles. The van der Waals surface area contributed by atoms with Crippen LogP contribution in [0.25, 0.3) is 0 Å². The van der Waals surface area contributed by atoms with Crippen LogP contribution in [0, 0.1) is 24.6 Å². The highest BCUT2D eigenvalue weighted by molar-refractivity contribution is 5.56. The highest BCUT2D eigenvalue weighted by Gasteiger charge is 2.44. The maximum absolute atomic E-state index is 13.9. The van der Waals surface area contributed by atoms with Crippen molar-refractivity contribution in [3.05, 3.63) is 23.8 Å². The maximum atomic E-state index is 13.9. The summed E-state index contributed by atoms with van der Waals surface area (Å²) >= 11 is 0. The minimum absolute atomic E-state index is 0.129. The van der Waals surface area contributed by atoms with Crippen LogP contribution in [0.3, 0.4) is 0 Å². The standard InChI is InChI=1S/C20H27FN6O2/c1-12-18(21)19(22-2)26-20(24-12)25-17-8-15(16(28-3)9-23-17)29-6-4-5-27-10-13-7-14(13)11-27/h8-9,13-14H,4-7,10-11H2,1-3H3,(H2,22,23,24,25,26). The third-order valence-electron chi connectivity index (χ3n) is 5.48. The molecule has 9 heteroatoms. The molecule has 2 unspecified atom stereocenters. The molecule has 1 saturated carbocycles. The summed E-state index contributed by atoms with van der Waals surface area (Å²) in [5.74, 6) is 3.46. The third-order valence-corrected chi connectivity index (χ3v) is 5.48. The van der Waals surface area contributed by atoms with Gasteiger partial charge >= 0.3 is 0 Å². The van der Waals surface area contributed by atoms with Gasteiger partial charge in [0.15, 0.2) is 23.1 Å². The molecule has 2 N–H and O–H groups in total. The molecule has 2 aromatic heterocycles. The number of ether oxygens (including phenoxy) is 2. The van der Waals surface area contributed by atoms with Gasteiger partial charge in [0, 0.05) is 32.7 Å².